The van der Waals surface area contributed by atoms with Gasteiger partial charge in [0.05, 0.1) is 11.3 Å². The molecule has 1 fully saturated rings. The van der Waals surface area contributed by atoms with Crippen LogP contribution in [0.25, 0.3) is 0 Å². The molecule has 10 heteroatoms. The van der Waals surface area contributed by atoms with E-state index in [9.17, 15) is 30.8 Å². The maximum Gasteiger partial charge on any atom is 0.418 e. The summed E-state index contributed by atoms with van der Waals surface area (Å²) >= 11 is 0. The van der Waals surface area contributed by atoms with E-state index in [4.69, 9.17) is 5.14 Å². The van der Waals surface area contributed by atoms with Gasteiger partial charge in [-0.05, 0) is 12.1 Å². The molecule has 1 aliphatic heterocycles. The van der Waals surface area contributed by atoms with Crippen LogP contribution < -0.4 is 10.0 Å². The third-order valence-corrected chi connectivity index (χ3v) is 4.36. The summed E-state index contributed by atoms with van der Waals surface area (Å²) in [6, 6.07) is 2.25. The van der Waals surface area contributed by atoms with Crippen molar-refractivity contribution in [3.8, 4) is 0 Å². The monoisotopic (exact) mass is 326 g/mol. The molecular weight excluding hydrogens is 316 g/mol. The van der Waals surface area contributed by atoms with Gasteiger partial charge in [-0.2, -0.15) is 13.2 Å². The van der Waals surface area contributed by atoms with Gasteiger partial charge in [-0.3, -0.25) is 4.79 Å². The average molecular weight is 326 g/mol. The molecule has 0 spiro atoms. The van der Waals surface area contributed by atoms with Crippen LogP contribution in [0, 0.1) is 5.82 Å². The molecule has 5 nitrogen and oxygen atoms in total. The van der Waals surface area contributed by atoms with Crippen molar-refractivity contribution in [1.82, 2.24) is 0 Å². The third kappa shape index (κ3) is 3.00. The van der Waals surface area contributed by atoms with Gasteiger partial charge in [0.1, 0.15) is 11.1 Å². The molecule has 0 bridgehead atoms. The Kier molecular flexibility index (Phi) is 3.70. The highest BCUT2D eigenvalue weighted by atomic mass is 32.2. The minimum absolute atomic E-state index is 0.479. The molecule has 1 heterocycles. The Bertz CT molecular complexity index is 687. The van der Waals surface area contributed by atoms with Gasteiger partial charge in [-0.1, -0.05) is 6.07 Å². The van der Waals surface area contributed by atoms with E-state index in [1.54, 1.807) is 0 Å². The van der Waals surface area contributed by atoms with Crippen LogP contribution in [-0.4, -0.2) is 26.1 Å². The molecule has 1 atom stereocenters. The molecule has 1 saturated heterocycles. The second-order valence-corrected chi connectivity index (χ2v) is 6.40. The van der Waals surface area contributed by atoms with E-state index < -0.39 is 57.4 Å². The molecule has 2 rings (SSSR count). The first-order valence-corrected chi connectivity index (χ1v) is 7.30. The number of nitrogens with two attached hydrogens (primary N) is 1. The maximum atomic E-state index is 13.8. The van der Waals surface area contributed by atoms with Gasteiger partial charge in [0.15, 0.2) is 0 Å². The van der Waals surface area contributed by atoms with Crippen molar-refractivity contribution >= 4 is 21.6 Å². The van der Waals surface area contributed by atoms with Gasteiger partial charge in [0.25, 0.3) is 0 Å². The molecule has 1 amide bonds. The second-order valence-electron chi connectivity index (χ2n) is 4.55. The number of nitrogens with zero attached hydrogens (tertiary/aromatic N) is 1. The number of halogens is 4. The third-order valence-electron chi connectivity index (χ3n) is 3.12. The predicted molar refractivity (Wildman–Crippen MR) is 65.3 cm³/mol. The highest BCUT2D eigenvalue weighted by Crippen LogP contribution is 2.39. The normalized spacial score (nSPS) is 20.1. The lowest BCUT2D eigenvalue weighted by atomic mass is 10.1. The lowest BCUT2D eigenvalue weighted by molar-refractivity contribution is -0.137. The quantitative estimate of drug-likeness (QED) is 0.830. The Hall–Kier alpha value is -1.68. The summed E-state index contributed by atoms with van der Waals surface area (Å²) in [6.07, 6.45) is -5.46. The van der Waals surface area contributed by atoms with Gasteiger partial charge in [-0.25, -0.2) is 17.9 Å². The summed E-state index contributed by atoms with van der Waals surface area (Å²) < 4.78 is 74.8. The number of sulfonamides is 1. The lowest BCUT2D eigenvalue weighted by Gasteiger charge is -2.22. The van der Waals surface area contributed by atoms with Crippen molar-refractivity contribution in [3.63, 3.8) is 0 Å². The van der Waals surface area contributed by atoms with Gasteiger partial charge < -0.3 is 4.90 Å². The van der Waals surface area contributed by atoms with E-state index in [-0.39, 0.29) is 0 Å². The first-order valence-electron chi connectivity index (χ1n) is 5.69. The van der Waals surface area contributed by atoms with Crippen molar-refractivity contribution in [3.05, 3.63) is 29.6 Å². The van der Waals surface area contributed by atoms with Crippen LogP contribution in [0.15, 0.2) is 18.2 Å². The molecule has 1 aromatic carbocycles. The van der Waals surface area contributed by atoms with Crippen molar-refractivity contribution in [1.29, 1.82) is 0 Å². The van der Waals surface area contributed by atoms with Crippen LogP contribution in [0.3, 0.4) is 0 Å². The van der Waals surface area contributed by atoms with Crippen LogP contribution in [0.2, 0.25) is 0 Å². The molecule has 0 saturated carbocycles. The van der Waals surface area contributed by atoms with E-state index >= 15 is 0 Å². The highest BCUT2D eigenvalue weighted by molar-refractivity contribution is 7.89. The SMILES string of the molecule is NS(=O)(=O)C1CC(=O)N(c2c(F)cccc2C(F)(F)F)C1. The zero-order valence-electron chi connectivity index (χ0n) is 10.4. The van der Waals surface area contributed by atoms with E-state index in [1.807, 2.05) is 0 Å². The fraction of sp³-hybridized carbons (Fsp3) is 0.364. The van der Waals surface area contributed by atoms with Crippen LogP contribution in [0.1, 0.15) is 12.0 Å². The minimum Gasteiger partial charge on any atom is -0.308 e. The van der Waals surface area contributed by atoms with Gasteiger partial charge >= 0.3 is 6.18 Å². The zero-order valence-corrected chi connectivity index (χ0v) is 11.2. The van der Waals surface area contributed by atoms with Crippen LogP contribution in [0.5, 0.6) is 0 Å². The number of benzene rings is 1. The van der Waals surface area contributed by atoms with Gasteiger partial charge in [0, 0.05) is 13.0 Å². The fourth-order valence-corrected chi connectivity index (χ4v) is 2.86. The van der Waals surface area contributed by atoms with E-state index in [2.05, 4.69) is 0 Å². The number of primary sulfonamides is 1. The molecular formula is C11H10F4N2O3S. The molecule has 1 aromatic rings. The average Bonchev–Trinajstić information content (AvgIpc) is 2.69. The van der Waals surface area contributed by atoms with E-state index in [0.29, 0.717) is 11.0 Å². The molecule has 0 radical (unpaired) electrons. The minimum atomic E-state index is -4.88. The Labute approximate surface area is 117 Å². The van der Waals surface area contributed by atoms with E-state index in [0.717, 1.165) is 12.1 Å². The standard InChI is InChI=1S/C11H10F4N2O3S/c12-8-3-1-2-7(11(13,14)15)10(8)17-5-6(4-9(17)18)21(16,19)20/h1-3,6H,4-5H2,(H2,16,19,20). The number of carbonyl (C=O) groups is 1. The van der Waals surface area contributed by atoms with Crippen molar-refractivity contribution in [2.24, 2.45) is 5.14 Å². The fourth-order valence-electron chi connectivity index (χ4n) is 2.13. The Balaban J connectivity index is 2.51. The van der Waals surface area contributed by atoms with Gasteiger partial charge in [0.2, 0.25) is 15.9 Å². The summed E-state index contributed by atoms with van der Waals surface area (Å²) in [5.74, 6) is -2.18. The first kappa shape index (κ1) is 15.7. The number of alkyl halides is 3. The van der Waals surface area contributed by atoms with Crippen LogP contribution in [-0.2, 0) is 21.0 Å². The largest absolute Gasteiger partial charge is 0.418 e. The van der Waals surface area contributed by atoms with Crippen LogP contribution in [0.4, 0.5) is 23.2 Å². The molecule has 21 heavy (non-hydrogen) atoms. The number of rotatable bonds is 2. The maximum absolute atomic E-state index is 13.8. The summed E-state index contributed by atoms with van der Waals surface area (Å²) in [6.45, 7) is -0.609. The zero-order chi connectivity index (χ0) is 16.0. The second kappa shape index (κ2) is 4.95. The summed E-state index contributed by atoms with van der Waals surface area (Å²) in [5, 5.41) is 3.53. The van der Waals surface area contributed by atoms with Crippen LogP contribution >= 0.6 is 0 Å². The topological polar surface area (TPSA) is 80.5 Å². The number of hydrogen-bond acceptors (Lipinski definition) is 3. The Morgan fingerprint density at radius 3 is 2.38 bits per heavy atom. The molecule has 0 aliphatic carbocycles. The summed E-state index contributed by atoms with van der Waals surface area (Å²) in [7, 11) is -4.10. The molecule has 0 aromatic heterocycles. The smallest absolute Gasteiger partial charge is 0.308 e. The number of carbonyl (C=O) groups excluding carboxylic acids is 1. The number of anilines is 1. The molecule has 1 unspecified atom stereocenters. The Morgan fingerprint density at radius 2 is 1.90 bits per heavy atom. The van der Waals surface area contributed by atoms with Crippen molar-refractivity contribution < 1.29 is 30.8 Å². The van der Waals surface area contributed by atoms with Gasteiger partial charge in [-0.15, -0.1) is 0 Å². The summed E-state index contributed by atoms with van der Waals surface area (Å²) in [4.78, 5) is 12.2. The molecule has 1 aliphatic rings. The first-order chi connectivity index (χ1) is 9.51. The summed E-state index contributed by atoms with van der Waals surface area (Å²) in [5.41, 5.74) is -2.31. The highest BCUT2D eigenvalue weighted by Gasteiger charge is 2.43. The van der Waals surface area contributed by atoms with Crippen molar-refractivity contribution in [2.45, 2.75) is 17.8 Å². The van der Waals surface area contributed by atoms with Crippen molar-refractivity contribution in [2.75, 3.05) is 11.4 Å². The Morgan fingerprint density at radius 1 is 1.29 bits per heavy atom. The lowest BCUT2D eigenvalue weighted by Crippen LogP contribution is -2.33. The number of amides is 1. The predicted octanol–water partition coefficient (Wildman–Crippen LogP) is 1.24. The van der Waals surface area contributed by atoms with E-state index in [1.165, 1.54) is 0 Å². The molecule has 116 valence electrons. The number of para-hydroxylation sites is 1. The molecule has 2 N–H and O–H groups in total. The number of hydrogen-bond donors (Lipinski definition) is 1.